The van der Waals surface area contributed by atoms with Gasteiger partial charge in [0.2, 0.25) is 15.9 Å². The van der Waals surface area contributed by atoms with Crippen LogP contribution in [0.1, 0.15) is 0 Å². The molecule has 2 aromatic carbocycles. The van der Waals surface area contributed by atoms with Gasteiger partial charge < -0.3 is 5.32 Å². The number of nitrogens with one attached hydrogen (secondary N) is 1. The number of aromatic nitrogens is 2. The fraction of sp³-hybridized carbons (Fsp3) is 0.278. The molecule has 30 heavy (non-hydrogen) atoms. The molecule has 1 fully saturated rings. The molecule has 0 spiro atoms. The minimum absolute atomic E-state index is 0.0601. The van der Waals surface area contributed by atoms with Gasteiger partial charge in [-0.05, 0) is 24.3 Å². The summed E-state index contributed by atoms with van der Waals surface area (Å²) in [5.74, 6) is -1.89. The van der Waals surface area contributed by atoms with Gasteiger partial charge in [0.15, 0.2) is 0 Å². The number of hydrogen-bond acceptors (Lipinski definition) is 7. The van der Waals surface area contributed by atoms with Gasteiger partial charge in [-0.15, -0.1) is 0 Å². The van der Waals surface area contributed by atoms with Crippen LogP contribution < -0.4 is 5.32 Å². The standard InChI is InChI=1S/C18H17F2N5O3S2/c19-12-4-5-13(20)15(10-12)21-17(26)11-24-6-8-25(9-7-24)30(27,28)16-3-1-2-14-18(16)23-29-22-14/h1-5,10H,6-9,11H2,(H,21,26). The summed E-state index contributed by atoms with van der Waals surface area (Å²) in [5.41, 5.74) is 0.647. The van der Waals surface area contributed by atoms with Gasteiger partial charge >= 0.3 is 0 Å². The smallest absolute Gasteiger partial charge is 0.245 e. The molecule has 0 saturated carbocycles. The molecule has 0 aliphatic carbocycles. The average molecular weight is 453 g/mol. The van der Waals surface area contributed by atoms with Crippen LogP contribution in [0.2, 0.25) is 0 Å². The van der Waals surface area contributed by atoms with Crippen LogP contribution in [-0.4, -0.2) is 65.0 Å². The number of halogens is 2. The van der Waals surface area contributed by atoms with Crippen LogP contribution in [-0.2, 0) is 14.8 Å². The van der Waals surface area contributed by atoms with E-state index in [1.54, 1.807) is 17.0 Å². The minimum Gasteiger partial charge on any atom is -0.322 e. The number of nitrogens with zero attached hydrogens (tertiary/aromatic N) is 4. The SMILES string of the molecule is O=C(CN1CCN(S(=O)(=O)c2cccc3nsnc23)CC1)Nc1cc(F)ccc1F. The highest BCUT2D eigenvalue weighted by atomic mass is 32.2. The molecular weight excluding hydrogens is 436 g/mol. The van der Waals surface area contributed by atoms with Crippen molar-refractivity contribution >= 4 is 44.4 Å². The zero-order chi connectivity index (χ0) is 21.3. The topological polar surface area (TPSA) is 95.5 Å². The van der Waals surface area contributed by atoms with Crippen molar-refractivity contribution in [2.45, 2.75) is 4.90 Å². The molecule has 0 bridgehead atoms. The molecule has 2 heterocycles. The molecule has 1 N–H and O–H groups in total. The van der Waals surface area contributed by atoms with E-state index in [4.69, 9.17) is 0 Å². The van der Waals surface area contributed by atoms with Gasteiger partial charge in [-0.2, -0.15) is 13.1 Å². The van der Waals surface area contributed by atoms with E-state index in [-0.39, 0.29) is 30.2 Å². The number of carbonyl (C=O) groups is 1. The summed E-state index contributed by atoms with van der Waals surface area (Å²) in [6.45, 7) is 0.971. The van der Waals surface area contributed by atoms with E-state index in [2.05, 4.69) is 14.1 Å². The molecule has 12 heteroatoms. The largest absolute Gasteiger partial charge is 0.322 e. The summed E-state index contributed by atoms with van der Waals surface area (Å²) >= 11 is 0.954. The van der Waals surface area contributed by atoms with E-state index in [9.17, 15) is 22.0 Å². The maximum Gasteiger partial charge on any atom is 0.245 e. The molecule has 4 rings (SSSR count). The molecule has 0 atom stereocenters. The third kappa shape index (κ3) is 4.17. The lowest BCUT2D eigenvalue weighted by Gasteiger charge is -2.33. The molecule has 0 unspecified atom stereocenters. The van der Waals surface area contributed by atoms with E-state index in [1.807, 2.05) is 0 Å². The predicted molar refractivity (Wildman–Crippen MR) is 108 cm³/mol. The van der Waals surface area contributed by atoms with Gasteiger partial charge in [0.1, 0.15) is 27.6 Å². The summed E-state index contributed by atoms with van der Waals surface area (Å²) in [6.07, 6.45) is 0. The number of anilines is 1. The van der Waals surface area contributed by atoms with E-state index in [0.717, 1.165) is 29.9 Å². The third-order valence-electron chi connectivity index (χ3n) is 4.77. The van der Waals surface area contributed by atoms with Crippen LogP contribution in [0, 0.1) is 11.6 Å². The van der Waals surface area contributed by atoms with Crippen LogP contribution >= 0.6 is 11.7 Å². The van der Waals surface area contributed by atoms with Crippen molar-refractivity contribution in [2.24, 2.45) is 0 Å². The van der Waals surface area contributed by atoms with Crippen LogP contribution in [0.15, 0.2) is 41.3 Å². The van der Waals surface area contributed by atoms with E-state index in [1.165, 1.54) is 10.4 Å². The fourth-order valence-electron chi connectivity index (χ4n) is 3.24. The van der Waals surface area contributed by atoms with Crippen LogP contribution in [0.25, 0.3) is 11.0 Å². The lowest BCUT2D eigenvalue weighted by molar-refractivity contribution is -0.117. The van der Waals surface area contributed by atoms with Gasteiger partial charge in [0, 0.05) is 32.2 Å². The average Bonchev–Trinajstić information content (AvgIpc) is 3.20. The first-order valence-corrected chi connectivity index (χ1v) is 11.2. The highest BCUT2D eigenvalue weighted by Gasteiger charge is 2.31. The number of hydrogen-bond donors (Lipinski definition) is 1. The van der Waals surface area contributed by atoms with Gasteiger partial charge in [0.25, 0.3) is 0 Å². The Labute approximate surface area is 175 Å². The Morgan fingerprint density at radius 2 is 1.87 bits per heavy atom. The van der Waals surface area contributed by atoms with Gasteiger partial charge in [-0.3, -0.25) is 9.69 Å². The number of piperazine rings is 1. The van der Waals surface area contributed by atoms with Crippen LogP contribution in [0.3, 0.4) is 0 Å². The molecule has 1 amide bonds. The number of sulfonamides is 1. The van der Waals surface area contributed by atoms with Crippen LogP contribution in [0.5, 0.6) is 0 Å². The molecule has 1 saturated heterocycles. The third-order valence-corrected chi connectivity index (χ3v) is 7.24. The predicted octanol–water partition coefficient (Wildman–Crippen LogP) is 1.91. The number of amides is 1. The van der Waals surface area contributed by atoms with Crippen molar-refractivity contribution in [3.05, 3.63) is 48.0 Å². The zero-order valence-corrected chi connectivity index (χ0v) is 17.2. The Morgan fingerprint density at radius 1 is 1.10 bits per heavy atom. The molecule has 158 valence electrons. The van der Waals surface area contributed by atoms with Crippen molar-refractivity contribution < 1.29 is 22.0 Å². The Kier molecular flexibility index (Phi) is 5.73. The van der Waals surface area contributed by atoms with Gasteiger partial charge in [-0.1, -0.05) is 6.07 Å². The molecular formula is C18H17F2N5O3S2. The quantitative estimate of drug-likeness (QED) is 0.634. The maximum atomic E-state index is 13.7. The molecule has 3 aromatic rings. The van der Waals surface area contributed by atoms with E-state index < -0.39 is 27.6 Å². The van der Waals surface area contributed by atoms with Crippen molar-refractivity contribution in [3.63, 3.8) is 0 Å². The van der Waals surface area contributed by atoms with Crippen molar-refractivity contribution in [3.8, 4) is 0 Å². The molecule has 8 nitrogen and oxygen atoms in total. The maximum absolute atomic E-state index is 13.7. The Hall–Kier alpha value is -2.54. The Balaban J connectivity index is 1.38. The monoisotopic (exact) mass is 453 g/mol. The van der Waals surface area contributed by atoms with E-state index in [0.29, 0.717) is 24.1 Å². The number of benzene rings is 2. The first-order valence-electron chi connectivity index (χ1n) is 9.03. The zero-order valence-electron chi connectivity index (χ0n) is 15.6. The van der Waals surface area contributed by atoms with Crippen molar-refractivity contribution in [1.29, 1.82) is 0 Å². The highest BCUT2D eigenvalue weighted by molar-refractivity contribution is 7.89. The number of fused-ring (bicyclic) bond motifs is 1. The van der Waals surface area contributed by atoms with Gasteiger partial charge in [-0.25, -0.2) is 17.2 Å². The molecule has 1 aliphatic rings. The van der Waals surface area contributed by atoms with E-state index >= 15 is 0 Å². The highest BCUT2D eigenvalue weighted by Crippen LogP contribution is 2.25. The second-order valence-corrected chi connectivity index (χ2v) is 9.18. The molecule has 1 aliphatic heterocycles. The molecule has 0 radical (unpaired) electrons. The normalized spacial score (nSPS) is 16.1. The minimum atomic E-state index is -3.75. The second-order valence-electron chi connectivity index (χ2n) is 6.74. The summed E-state index contributed by atoms with van der Waals surface area (Å²) in [4.78, 5) is 14.0. The Morgan fingerprint density at radius 3 is 2.63 bits per heavy atom. The number of rotatable bonds is 5. The first-order chi connectivity index (χ1) is 14.3. The Bertz CT molecular complexity index is 1190. The summed E-state index contributed by atoms with van der Waals surface area (Å²) in [7, 11) is -3.75. The number of carbonyl (C=O) groups excluding carboxylic acids is 1. The lowest BCUT2D eigenvalue weighted by Crippen LogP contribution is -2.50. The summed E-state index contributed by atoms with van der Waals surface area (Å²) < 4.78 is 62.5. The summed E-state index contributed by atoms with van der Waals surface area (Å²) in [6, 6.07) is 7.65. The lowest BCUT2D eigenvalue weighted by atomic mass is 10.3. The van der Waals surface area contributed by atoms with Crippen molar-refractivity contribution in [1.82, 2.24) is 18.0 Å². The van der Waals surface area contributed by atoms with Gasteiger partial charge in [0.05, 0.1) is 24.0 Å². The fourth-order valence-corrected chi connectivity index (χ4v) is 5.42. The summed E-state index contributed by atoms with van der Waals surface area (Å²) in [5, 5.41) is 2.34. The second kappa shape index (κ2) is 8.30. The van der Waals surface area contributed by atoms with Crippen molar-refractivity contribution in [2.75, 3.05) is 38.0 Å². The van der Waals surface area contributed by atoms with Crippen LogP contribution in [0.4, 0.5) is 14.5 Å². The molecule has 1 aromatic heterocycles. The first kappa shape index (κ1) is 20.7.